The molecule has 1 aliphatic carbocycles. The molecule has 0 amide bonds. The normalized spacial score (nSPS) is 14.2. The SMILES string of the molecule is O=Cc1cc(-c2ccc(OC3CC3)cc2)ccc1Cl. The molecule has 2 aromatic carbocycles. The van der Waals surface area contributed by atoms with E-state index in [1.165, 1.54) is 0 Å². The molecule has 96 valence electrons. The van der Waals surface area contributed by atoms with Crippen molar-refractivity contribution < 1.29 is 9.53 Å². The fraction of sp³-hybridized carbons (Fsp3) is 0.188. The Morgan fingerprint density at radius 1 is 1.05 bits per heavy atom. The maximum atomic E-state index is 10.9. The van der Waals surface area contributed by atoms with Crippen LogP contribution in [0.4, 0.5) is 0 Å². The zero-order valence-electron chi connectivity index (χ0n) is 10.3. The lowest BCUT2D eigenvalue weighted by molar-refractivity contribution is 0.112. The van der Waals surface area contributed by atoms with Crippen molar-refractivity contribution in [2.45, 2.75) is 18.9 Å². The molecule has 0 aliphatic heterocycles. The van der Waals surface area contributed by atoms with Gasteiger partial charge in [-0.2, -0.15) is 0 Å². The summed E-state index contributed by atoms with van der Waals surface area (Å²) in [5.74, 6) is 0.899. The molecule has 0 bridgehead atoms. The van der Waals surface area contributed by atoms with E-state index in [9.17, 15) is 4.79 Å². The zero-order valence-corrected chi connectivity index (χ0v) is 11.1. The summed E-state index contributed by atoms with van der Waals surface area (Å²) in [5.41, 5.74) is 2.53. The number of hydrogen-bond donors (Lipinski definition) is 0. The van der Waals surface area contributed by atoms with E-state index >= 15 is 0 Å². The second-order valence-electron chi connectivity index (χ2n) is 4.70. The van der Waals surface area contributed by atoms with Crippen molar-refractivity contribution in [2.75, 3.05) is 0 Å². The first kappa shape index (κ1) is 12.2. The highest BCUT2D eigenvalue weighted by molar-refractivity contribution is 6.33. The smallest absolute Gasteiger partial charge is 0.151 e. The Labute approximate surface area is 117 Å². The molecular weight excluding hydrogens is 260 g/mol. The molecule has 0 heterocycles. The number of ether oxygens (including phenoxy) is 1. The predicted octanol–water partition coefficient (Wildman–Crippen LogP) is 4.36. The van der Waals surface area contributed by atoms with Crippen LogP contribution in [0.25, 0.3) is 11.1 Å². The van der Waals surface area contributed by atoms with Crippen LogP contribution in [0.5, 0.6) is 5.75 Å². The number of carbonyl (C=O) groups is 1. The van der Waals surface area contributed by atoms with Crippen molar-refractivity contribution in [3.8, 4) is 16.9 Å². The Balaban J connectivity index is 1.86. The zero-order chi connectivity index (χ0) is 13.2. The van der Waals surface area contributed by atoms with Crippen LogP contribution in [0.1, 0.15) is 23.2 Å². The summed E-state index contributed by atoms with van der Waals surface area (Å²) in [6.07, 6.45) is 3.49. The summed E-state index contributed by atoms with van der Waals surface area (Å²) < 4.78 is 5.70. The fourth-order valence-corrected chi connectivity index (χ4v) is 2.08. The van der Waals surface area contributed by atoms with Crippen LogP contribution in [0.2, 0.25) is 5.02 Å². The summed E-state index contributed by atoms with van der Waals surface area (Å²) in [6.45, 7) is 0. The monoisotopic (exact) mass is 272 g/mol. The Bertz CT molecular complexity index is 601. The van der Waals surface area contributed by atoms with Crippen LogP contribution >= 0.6 is 11.6 Å². The van der Waals surface area contributed by atoms with Gasteiger partial charge in [0.15, 0.2) is 6.29 Å². The Kier molecular flexibility index (Phi) is 3.26. The molecule has 0 saturated heterocycles. The molecule has 19 heavy (non-hydrogen) atoms. The summed E-state index contributed by atoms with van der Waals surface area (Å²) >= 11 is 5.92. The Hall–Kier alpha value is -1.80. The van der Waals surface area contributed by atoms with Crippen molar-refractivity contribution >= 4 is 17.9 Å². The van der Waals surface area contributed by atoms with Gasteiger partial charge in [0.2, 0.25) is 0 Å². The molecule has 0 spiro atoms. The van der Waals surface area contributed by atoms with E-state index in [2.05, 4.69) is 0 Å². The van der Waals surface area contributed by atoms with Crippen molar-refractivity contribution in [3.05, 3.63) is 53.1 Å². The van der Waals surface area contributed by atoms with Gasteiger partial charge < -0.3 is 4.74 Å². The fourth-order valence-electron chi connectivity index (χ4n) is 1.92. The topological polar surface area (TPSA) is 26.3 Å². The van der Waals surface area contributed by atoms with E-state index in [4.69, 9.17) is 16.3 Å². The molecule has 0 radical (unpaired) electrons. The molecule has 2 nitrogen and oxygen atoms in total. The summed E-state index contributed by atoms with van der Waals surface area (Å²) in [6, 6.07) is 13.4. The number of aldehydes is 1. The van der Waals surface area contributed by atoms with Gasteiger partial charge in [-0.1, -0.05) is 29.8 Å². The average molecular weight is 273 g/mol. The number of hydrogen-bond acceptors (Lipinski definition) is 2. The molecular formula is C16H13ClO2. The summed E-state index contributed by atoms with van der Waals surface area (Å²) in [7, 11) is 0. The highest BCUT2D eigenvalue weighted by Gasteiger charge is 2.23. The highest BCUT2D eigenvalue weighted by Crippen LogP contribution is 2.29. The van der Waals surface area contributed by atoms with E-state index in [0.717, 1.165) is 36.0 Å². The van der Waals surface area contributed by atoms with E-state index in [1.54, 1.807) is 12.1 Å². The average Bonchev–Trinajstić information content (AvgIpc) is 3.24. The van der Waals surface area contributed by atoms with Gasteiger partial charge in [-0.25, -0.2) is 0 Å². The van der Waals surface area contributed by atoms with Crippen molar-refractivity contribution in [2.24, 2.45) is 0 Å². The van der Waals surface area contributed by atoms with E-state index in [-0.39, 0.29) is 0 Å². The van der Waals surface area contributed by atoms with Crippen LogP contribution in [-0.2, 0) is 0 Å². The molecule has 0 unspecified atom stereocenters. The molecule has 3 heteroatoms. The molecule has 2 aromatic rings. The number of halogens is 1. The minimum atomic E-state index is 0.406. The molecule has 1 fully saturated rings. The van der Waals surface area contributed by atoms with Gasteiger partial charge in [-0.3, -0.25) is 4.79 Å². The van der Waals surface area contributed by atoms with E-state index in [1.807, 2.05) is 30.3 Å². The van der Waals surface area contributed by atoms with Gasteiger partial charge >= 0.3 is 0 Å². The van der Waals surface area contributed by atoms with Gasteiger partial charge in [0.05, 0.1) is 11.1 Å². The number of benzene rings is 2. The van der Waals surface area contributed by atoms with E-state index < -0.39 is 0 Å². The second kappa shape index (κ2) is 5.06. The van der Waals surface area contributed by atoms with Crippen molar-refractivity contribution in [1.29, 1.82) is 0 Å². The van der Waals surface area contributed by atoms with Crippen LogP contribution in [0, 0.1) is 0 Å². The second-order valence-corrected chi connectivity index (χ2v) is 5.10. The first-order chi connectivity index (χ1) is 9.26. The molecule has 0 aromatic heterocycles. The predicted molar refractivity (Wildman–Crippen MR) is 75.9 cm³/mol. The first-order valence-corrected chi connectivity index (χ1v) is 6.66. The van der Waals surface area contributed by atoms with Gasteiger partial charge in [0.25, 0.3) is 0 Å². The quantitative estimate of drug-likeness (QED) is 0.773. The molecule has 0 atom stereocenters. The van der Waals surface area contributed by atoms with Gasteiger partial charge in [0.1, 0.15) is 5.75 Å². The third-order valence-corrected chi connectivity index (χ3v) is 3.48. The highest BCUT2D eigenvalue weighted by atomic mass is 35.5. The van der Waals surface area contributed by atoms with Gasteiger partial charge in [-0.15, -0.1) is 0 Å². The number of rotatable bonds is 4. The lowest BCUT2D eigenvalue weighted by atomic mass is 10.0. The molecule has 0 N–H and O–H groups in total. The van der Waals surface area contributed by atoms with E-state index in [0.29, 0.717) is 16.7 Å². The molecule has 1 saturated carbocycles. The van der Waals surface area contributed by atoms with Crippen LogP contribution in [-0.4, -0.2) is 12.4 Å². The third kappa shape index (κ3) is 2.79. The van der Waals surface area contributed by atoms with Gasteiger partial charge in [0, 0.05) is 5.56 Å². The van der Waals surface area contributed by atoms with Crippen LogP contribution in [0.15, 0.2) is 42.5 Å². The number of carbonyl (C=O) groups excluding carboxylic acids is 1. The standard InChI is InChI=1S/C16H13ClO2/c17-16-8-3-12(9-13(16)10-18)11-1-4-14(5-2-11)19-15-6-7-15/h1-5,8-10,15H,6-7H2. The summed E-state index contributed by atoms with van der Waals surface area (Å²) in [5, 5.41) is 0.479. The minimum absolute atomic E-state index is 0.406. The maximum absolute atomic E-state index is 10.9. The maximum Gasteiger partial charge on any atom is 0.151 e. The van der Waals surface area contributed by atoms with Crippen LogP contribution in [0.3, 0.4) is 0 Å². The van der Waals surface area contributed by atoms with Crippen LogP contribution < -0.4 is 4.74 Å². The third-order valence-electron chi connectivity index (χ3n) is 3.14. The van der Waals surface area contributed by atoms with Crippen molar-refractivity contribution in [3.63, 3.8) is 0 Å². The Morgan fingerprint density at radius 3 is 2.37 bits per heavy atom. The van der Waals surface area contributed by atoms with Gasteiger partial charge in [-0.05, 0) is 48.2 Å². The minimum Gasteiger partial charge on any atom is -0.490 e. The molecule has 1 aliphatic rings. The van der Waals surface area contributed by atoms with Crippen molar-refractivity contribution in [1.82, 2.24) is 0 Å². The molecule has 3 rings (SSSR count). The largest absolute Gasteiger partial charge is 0.490 e. The lowest BCUT2D eigenvalue weighted by Gasteiger charge is -2.07. The lowest BCUT2D eigenvalue weighted by Crippen LogP contribution is -1.95. The Morgan fingerprint density at radius 2 is 1.74 bits per heavy atom. The first-order valence-electron chi connectivity index (χ1n) is 6.28. The summed E-state index contributed by atoms with van der Waals surface area (Å²) in [4.78, 5) is 10.9.